The van der Waals surface area contributed by atoms with Gasteiger partial charge in [-0.2, -0.15) is 0 Å². The number of nitrogens with two attached hydrogens (primary N) is 1. The lowest BCUT2D eigenvalue weighted by Gasteiger charge is -2.20. The Kier molecular flexibility index (Phi) is 3.84. The molecule has 3 rings (SSSR count). The largest absolute Gasteiger partial charge is 0.491 e. The Hall–Kier alpha value is -2.01. The molecule has 1 aliphatic rings. The molecule has 5 heteroatoms. The van der Waals surface area contributed by atoms with E-state index in [0.717, 1.165) is 15.8 Å². The summed E-state index contributed by atoms with van der Waals surface area (Å²) in [6.45, 7) is 1.58. The van der Waals surface area contributed by atoms with E-state index in [1.165, 1.54) is 0 Å². The standard InChI is InChI=1S/C16H15BrN2O2/c17-14-6-5-12(18)9-13(14)16(20)19-7-8-21-15-4-2-1-3-11(15)10-19/h1-6,9H,7-8,10,18H2. The van der Waals surface area contributed by atoms with Gasteiger partial charge in [-0.25, -0.2) is 0 Å². The summed E-state index contributed by atoms with van der Waals surface area (Å²) in [5.74, 6) is 0.800. The third-order valence-corrected chi connectivity index (χ3v) is 4.15. The molecule has 108 valence electrons. The molecule has 1 aliphatic heterocycles. The number of amides is 1. The maximum atomic E-state index is 12.7. The molecule has 1 amide bonds. The number of carbonyl (C=O) groups is 1. The predicted octanol–water partition coefficient (Wildman–Crippen LogP) is 3.07. The first-order valence-corrected chi connectivity index (χ1v) is 7.49. The van der Waals surface area contributed by atoms with Gasteiger partial charge >= 0.3 is 0 Å². The molecule has 0 fully saturated rings. The highest BCUT2D eigenvalue weighted by Gasteiger charge is 2.22. The van der Waals surface area contributed by atoms with Gasteiger partial charge in [-0.3, -0.25) is 4.79 Å². The number of rotatable bonds is 1. The molecule has 2 N–H and O–H groups in total. The van der Waals surface area contributed by atoms with Gasteiger partial charge in [0.15, 0.2) is 0 Å². The maximum absolute atomic E-state index is 12.7. The normalized spacial score (nSPS) is 14.0. The van der Waals surface area contributed by atoms with Crippen molar-refractivity contribution in [1.82, 2.24) is 4.90 Å². The van der Waals surface area contributed by atoms with Crippen molar-refractivity contribution >= 4 is 27.5 Å². The first-order valence-electron chi connectivity index (χ1n) is 6.70. The highest BCUT2D eigenvalue weighted by Crippen LogP contribution is 2.26. The number of hydrogen-bond acceptors (Lipinski definition) is 3. The molecule has 0 aliphatic carbocycles. The second-order valence-corrected chi connectivity index (χ2v) is 5.78. The van der Waals surface area contributed by atoms with Crippen molar-refractivity contribution in [2.45, 2.75) is 6.54 Å². The monoisotopic (exact) mass is 346 g/mol. The molecule has 0 unspecified atom stereocenters. The highest BCUT2D eigenvalue weighted by atomic mass is 79.9. The lowest BCUT2D eigenvalue weighted by Crippen LogP contribution is -2.32. The Bertz CT molecular complexity index is 688. The van der Waals surface area contributed by atoms with Gasteiger partial charge in [0.05, 0.1) is 12.1 Å². The average Bonchev–Trinajstić information content (AvgIpc) is 2.71. The van der Waals surface area contributed by atoms with Crippen LogP contribution in [0.15, 0.2) is 46.9 Å². The number of fused-ring (bicyclic) bond motifs is 1. The molecule has 21 heavy (non-hydrogen) atoms. The Morgan fingerprint density at radius 2 is 2.05 bits per heavy atom. The second-order valence-electron chi connectivity index (χ2n) is 4.92. The van der Waals surface area contributed by atoms with E-state index in [0.29, 0.717) is 30.9 Å². The Balaban J connectivity index is 1.90. The molecule has 0 saturated heterocycles. The van der Waals surface area contributed by atoms with E-state index >= 15 is 0 Å². The zero-order valence-corrected chi connectivity index (χ0v) is 13.0. The summed E-state index contributed by atoms with van der Waals surface area (Å²) in [7, 11) is 0. The van der Waals surface area contributed by atoms with Crippen LogP contribution in [0.3, 0.4) is 0 Å². The lowest BCUT2D eigenvalue weighted by molar-refractivity contribution is 0.0732. The minimum atomic E-state index is -0.0468. The summed E-state index contributed by atoms with van der Waals surface area (Å²) in [5, 5.41) is 0. The smallest absolute Gasteiger partial charge is 0.255 e. The molecule has 0 spiro atoms. The molecule has 2 aromatic carbocycles. The third-order valence-electron chi connectivity index (χ3n) is 3.46. The summed E-state index contributed by atoms with van der Waals surface area (Å²) in [6, 6.07) is 13.1. The Labute approximate surface area is 131 Å². The van der Waals surface area contributed by atoms with Gasteiger partial charge in [0.1, 0.15) is 12.4 Å². The van der Waals surface area contributed by atoms with Crippen LogP contribution in [0.1, 0.15) is 15.9 Å². The summed E-state index contributed by atoms with van der Waals surface area (Å²) in [6.07, 6.45) is 0. The van der Waals surface area contributed by atoms with Crippen LogP contribution in [-0.4, -0.2) is 24.0 Å². The van der Waals surface area contributed by atoms with Crippen LogP contribution in [0.25, 0.3) is 0 Å². The maximum Gasteiger partial charge on any atom is 0.255 e. The van der Waals surface area contributed by atoms with Crippen molar-refractivity contribution in [2.75, 3.05) is 18.9 Å². The minimum absolute atomic E-state index is 0.0468. The van der Waals surface area contributed by atoms with E-state index in [1.54, 1.807) is 23.1 Å². The number of nitrogens with zero attached hydrogens (tertiary/aromatic N) is 1. The van der Waals surface area contributed by atoms with Crippen molar-refractivity contribution < 1.29 is 9.53 Å². The van der Waals surface area contributed by atoms with E-state index < -0.39 is 0 Å². The number of hydrogen-bond donors (Lipinski definition) is 1. The number of anilines is 1. The number of nitrogen functional groups attached to an aromatic ring is 1. The quantitative estimate of drug-likeness (QED) is 0.807. The SMILES string of the molecule is Nc1ccc(Br)c(C(=O)N2CCOc3ccccc3C2)c1. The summed E-state index contributed by atoms with van der Waals surface area (Å²) >= 11 is 3.41. The Morgan fingerprint density at radius 1 is 1.24 bits per heavy atom. The first-order chi connectivity index (χ1) is 10.1. The van der Waals surface area contributed by atoms with E-state index in [-0.39, 0.29) is 5.91 Å². The topological polar surface area (TPSA) is 55.6 Å². The van der Waals surface area contributed by atoms with Crippen LogP contribution >= 0.6 is 15.9 Å². The number of halogens is 1. The first kappa shape index (κ1) is 13.9. The van der Waals surface area contributed by atoms with E-state index in [9.17, 15) is 4.79 Å². The fraction of sp³-hybridized carbons (Fsp3) is 0.188. The van der Waals surface area contributed by atoms with Crippen LogP contribution in [0.4, 0.5) is 5.69 Å². The van der Waals surface area contributed by atoms with Crippen molar-refractivity contribution in [3.05, 3.63) is 58.1 Å². The zero-order chi connectivity index (χ0) is 14.8. The molecule has 0 saturated carbocycles. The van der Waals surface area contributed by atoms with Crippen LogP contribution in [0, 0.1) is 0 Å². The summed E-state index contributed by atoms with van der Waals surface area (Å²) in [5.41, 5.74) is 7.96. The van der Waals surface area contributed by atoms with E-state index in [1.807, 2.05) is 24.3 Å². The molecular weight excluding hydrogens is 332 g/mol. The molecule has 1 heterocycles. The van der Waals surface area contributed by atoms with Crippen molar-refractivity contribution in [1.29, 1.82) is 0 Å². The molecule has 2 aromatic rings. The minimum Gasteiger partial charge on any atom is -0.491 e. The number of carbonyl (C=O) groups excluding carboxylic acids is 1. The summed E-state index contributed by atoms with van der Waals surface area (Å²) < 4.78 is 6.44. The molecule has 0 atom stereocenters. The Morgan fingerprint density at radius 3 is 2.90 bits per heavy atom. The number of benzene rings is 2. The second kappa shape index (κ2) is 5.77. The van der Waals surface area contributed by atoms with Gasteiger partial charge in [0.2, 0.25) is 0 Å². The predicted molar refractivity (Wildman–Crippen MR) is 85.2 cm³/mol. The van der Waals surface area contributed by atoms with Crippen molar-refractivity contribution in [3.63, 3.8) is 0 Å². The zero-order valence-electron chi connectivity index (χ0n) is 11.4. The van der Waals surface area contributed by atoms with Gasteiger partial charge in [-0.1, -0.05) is 18.2 Å². The fourth-order valence-electron chi connectivity index (χ4n) is 2.38. The van der Waals surface area contributed by atoms with Crippen molar-refractivity contribution in [2.24, 2.45) is 0 Å². The van der Waals surface area contributed by atoms with Crippen LogP contribution in [0.2, 0.25) is 0 Å². The average molecular weight is 347 g/mol. The van der Waals surface area contributed by atoms with Crippen LogP contribution in [0.5, 0.6) is 5.75 Å². The highest BCUT2D eigenvalue weighted by molar-refractivity contribution is 9.10. The molecular formula is C16H15BrN2O2. The third kappa shape index (κ3) is 2.88. The van der Waals surface area contributed by atoms with E-state index in [4.69, 9.17) is 10.5 Å². The molecule has 0 bridgehead atoms. The van der Waals surface area contributed by atoms with Crippen LogP contribution in [-0.2, 0) is 6.54 Å². The number of ether oxygens (including phenoxy) is 1. The van der Waals surface area contributed by atoms with E-state index in [2.05, 4.69) is 15.9 Å². The van der Waals surface area contributed by atoms with Gasteiger partial charge in [0, 0.05) is 22.3 Å². The van der Waals surface area contributed by atoms with Gasteiger partial charge in [-0.15, -0.1) is 0 Å². The lowest BCUT2D eigenvalue weighted by atomic mass is 10.1. The molecule has 0 radical (unpaired) electrons. The van der Waals surface area contributed by atoms with Gasteiger partial charge in [-0.05, 0) is 40.2 Å². The van der Waals surface area contributed by atoms with Gasteiger partial charge in [0.25, 0.3) is 5.91 Å². The molecule has 4 nitrogen and oxygen atoms in total. The van der Waals surface area contributed by atoms with Gasteiger partial charge < -0.3 is 15.4 Å². The fourth-order valence-corrected chi connectivity index (χ4v) is 2.79. The molecule has 0 aromatic heterocycles. The van der Waals surface area contributed by atoms with Crippen LogP contribution < -0.4 is 10.5 Å². The van der Waals surface area contributed by atoms with Crippen molar-refractivity contribution in [3.8, 4) is 5.75 Å². The summed E-state index contributed by atoms with van der Waals surface area (Å²) in [4.78, 5) is 14.5. The number of para-hydroxylation sites is 1.